The average molecular weight is 589 g/mol. The van der Waals surface area contributed by atoms with Crippen LogP contribution in [0.4, 0.5) is 16.2 Å². The van der Waals surface area contributed by atoms with Crippen molar-refractivity contribution in [1.82, 2.24) is 30.0 Å². The smallest absolute Gasteiger partial charge is 0.245 e. The van der Waals surface area contributed by atoms with Gasteiger partial charge in [-0.2, -0.15) is 10.1 Å². The van der Waals surface area contributed by atoms with E-state index in [0.29, 0.717) is 39.3 Å². The van der Waals surface area contributed by atoms with Gasteiger partial charge in [-0.15, -0.1) is 0 Å². The van der Waals surface area contributed by atoms with E-state index in [0.717, 1.165) is 68.6 Å². The van der Waals surface area contributed by atoms with Gasteiger partial charge in [0.2, 0.25) is 11.9 Å². The second-order valence-electron chi connectivity index (χ2n) is 12.3. The molecule has 11 heteroatoms. The SMILES string of the molecule is C=CC(=O)N1CC2(CCN(c3nc(N4CC(N(C)C)C4)nc4c(F)c(-c5c(C)ccc6[nH]ncc56)c(Cl)cc34)CC2)C1. The maximum absolute atomic E-state index is 16.8. The zero-order valence-electron chi connectivity index (χ0n) is 24.1. The highest BCUT2D eigenvalue weighted by atomic mass is 35.5. The molecule has 0 radical (unpaired) electrons. The number of aromatic amines is 1. The Bertz CT molecular complexity index is 1730. The monoisotopic (exact) mass is 588 g/mol. The third-order valence-electron chi connectivity index (χ3n) is 9.47. The van der Waals surface area contributed by atoms with E-state index in [2.05, 4.69) is 45.6 Å². The van der Waals surface area contributed by atoms with Crippen LogP contribution in [0.15, 0.2) is 37.1 Å². The van der Waals surface area contributed by atoms with E-state index in [9.17, 15) is 4.79 Å². The molecule has 0 aliphatic carbocycles. The van der Waals surface area contributed by atoms with E-state index in [4.69, 9.17) is 21.6 Å². The lowest BCUT2D eigenvalue weighted by molar-refractivity contribution is -0.139. The van der Waals surface area contributed by atoms with Crippen LogP contribution in [0.3, 0.4) is 0 Å². The van der Waals surface area contributed by atoms with Crippen molar-refractivity contribution in [1.29, 1.82) is 0 Å². The highest BCUT2D eigenvalue weighted by molar-refractivity contribution is 6.35. The first-order chi connectivity index (χ1) is 20.2. The number of anilines is 2. The molecule has 1 N–H and O–H groups in total. The van der Waals surface area contributed by atoms with Gasteiger partial charge in [0, 0.05) is 72.6 Å². The van der Waals surface area contributed by atoms with Crippen molar-refractivity contribution in [2.75, 3.05) is 63.2 Å². The fourth-order valence-electron chi connectivity index (χ4n) is 6.74. The molecule has 0 atom stereocenters. The summed E-state index contributed by atoms with van der Waals surface area (Å²) in [6, 6.07) is 6.11. The van der Waals surface area contributed by atoms with E-state index in [1.165, 1.54) is 6.08 Å². The molecule has 0 bridgehead atoms. The molecule has 3 fully saturated rings. The number of aryl methyl sites for hydroxylation is 1. The number of aromatic nitrogens is 4. The number of piperidine rings is 1. The third-order valence-corrected chi connectivity index (χ3v) is 9.77. The second kappa shape index (κ2) is 9.91. The molecule has 0 saturated carbocycles. The minimum Gasteiger partial charge on any atom is -0.356 e. The van der Waals surface area contributed by atoms with E-state index in [-0.39, 0.29) is 16.8 Å². The van der Waals surface area contributed by atoms with Crippen molar-refractivity contribution < 1.29 is 9.18 Å². The first-order valence-electron chi connectivity index (χ1n) is 14.4. The van der Waals surface area contributed by atoms with Gasteiger partial charge in [0.05, 0.1) is 16.7 Å². The zero-order valence-corrected chi connectivity index (χ0v) is 24.9. The Labute approximate surface area is 248 Å². The van der Waals surface area contributed by atoms with Crippen molar-refractivity contribution in [3.8, 4) is 11.1 Å². The topological polar surface area (TPSA) is 84.5 Å². The van der Waals surface area contributed by atoms with Crippen LogP contribution in [-0.2, 0) is 4.79 Å². The van der Waals surface area contributed by atoms with Crippen molar-refractivity contribution in [3.63, 3.8) is 0 Å². The summed E-state index contributed by atoms with van der Waals surface area (Å²) in [5.74, 6) is 0.784. The van der Waals surface area contributed by atoms with Gasteiger partial charge in [-0.05, 0) is 57.6 Å². The number of nitrogens with one attached hydrogen (secondary N) is 1. The molecule has 3 aliphatic rings. The lowest BCUT2D eigenvalue weighted by Crippen LogP contribution is -2.61. The number of benzene rings is 2. The lowest BCUT2D eigenvalue weighted by Gasteiger charge is -2.54. The number of nitrogens with zero attached hydrogens (tertiary/aromatic N) is 7. The summed E-state index contributed by atoms with van der Waals surface area (Å²) in [4.78, 5) is 30.3. The number of H-pyrrole nitrogens is 1. The largest absolute Gasteiger partial charge is 0.356 e. The number of likely N-dealkylation sites (tertiary alicyclic amines) is 1. The highest BCUT2D eigenvalue weighted by Crippen LogP contribution is 2.45. The maximum Gasteiger partial charge on any atom is 0.245 e. The van der Waals surface area contributed by atoms with E-state index >= 15 is 4.39 Å². The van der Waals surface area contributed by atoms with Crippen molar-refractivity contribution in [3.05, 3.63) is 53.5 Å². The summed E-state index contributed by atoms with van der Waals surface area (Å²) in [6.45, 7) is 10.2. The molecular weight excluding hydrogens is 555 g/mol. The minimum atomic E-state index is -0.449. The molecule has 3 aliphatic heterocycles. The van der Waals surface area contributed by atoms with Crippen LogP contribution in [0.2, 0.25) is 5.02 Å². The Balaban J connectivity index is 1.30. The number of hydrogen-bond donors (Lipinski definition) is 1. The Morgan fingerprint density at radius 1 is 1.14 bits per heavy atom. The first kappa shape index (κ1) is 27.1. The Morgan fingerprint density at radius 2 is 1.88 bits per heavy atom. The van der Waals surface area contributed by atoms with Crippen molar-refractivity contribution in [2.24, 2.45) is 5.41 Å². The summed E-state index contributed by atoms with van der Waals surface area (Å²) in [7, 11) is 4.13. The molecule has 0 unspecified atom stereocenters. The Morgan fingerprint density at radius 3 is 2.57 bits per heavy atom. The Hall–Kier alpha value is -3.76. The number of rotatable bonds is 5. The predicted molar refractivity (Wildman–Crippen MR) is 165 cm³/mol. The Kier molecular flexibility index (Phi) is 6.40. The average Bonchev–Trinajstić information content (AvgIpc) is 3.40. The molecule has 1 amide bonds. The quantitative estimate of drug-likeness (QED) is 0.340. The van der Waals surface area contributed by atoms with E-state index < -0.39 is 5.82 Å². The van der Waals surface area contributed by atoms with Gasteiger partial charge in [-0.25, -0.2) is 9.37 Å². The maximum atomic E-state index is 16.8. The molecular formula is C31H34ClFN8O. The van der Waals surface area contributed by atoms with Crippen LogP contribution in [0, 0.1) is 18.2 Å². The highest BCUT2D eigenvalue weighted by Gasteiger charge is 2.46. The zero-order chi connectivity index (χ0) is 29.3. The van der Waals surface area contributed by atoms with E-state index in [1.54, 1.807) is 6.20 Å². The van der Waals surface area contributed by atoms with Gasteiger partial charge in [0.1, 0.15) is 11.3 Å². The molecule has 5 heterocycles. The molecule has 2 aromatic carbocycles. The molecule has 3 saturated heterocycles. The van der Waals surface area contributed by atoms with Crippen LogP contribution in [0.1, 0.15) is 18.4 Å². The van der Waals surface area contributed by atoms with Crippen LogP contribution in [0.25, 0.3) is 32.9 Å². The molecule has 218 valence electrons. The first-order valence-corrected chi connectivity index (χ1v) is 14.8. The van der Waals surface area contributed by atoms with Crippen LogP contribution in [0.5, 0.6) is 0 Å². The molecule has 9 nitrogen and oxygen atoms in total. The lowest BCUT2D eigenvalue weighted by atomic mass is 9.72. The van der Waals surface area contributed by atoms with Gasteiger partial charge in [0.25, 0.3) is 0 Å². The molecule has 7 rings (SSSR count). The number of fused-ring (bicyclic) bond motifs is 2. The van der Waals surface area contributed by atoms with Gasteiger partial charge < -0.3 is 19.6 Å². The summed E-state index contributed by atoms with van der Waals surface area (Å²) in [5.41, 5.74) is 3.16. The number of carbonyl (C=O) groups excluding carboxylic acids is 1. The number of amides is 1. The second-order valence-corrected chi connectivity index (χ2v) is 12.7. The minimum absolute atomic E-state index is 0.0117. The van der Waals surface area contributed by atoms with Crippen LogP contribution in [-0.4, -0.2) is 95.3 Å². The van der Waals surface area contributed by atoms with E-state index in [1.807, 2.05) is 30.0 Å². The molecule has 2 aromatic heterocycles. The predicted octanol–water partition coefficient (Wildman–Crippen LogP) is 4.64. The fraction of sp³-hybridized carbons (Fsp3) is 0.419. The van der Waals surface area contributed by atoms with Crippen molar-refractivity contribution in [2.45, 2.75) is 25.8 Å². The molecule has 1 spiro atoms. The third kappa shape index (κ3) is 4.22. The van der Waals surface area contributed by atoms with Gasteiger partial charge in [0.15, 0.2) is 5.82 Å². The standard InChI is InChI=1S/C31H34ClFN8O/c1-5-24(42)41-16-31(17-41)8-10-39(11-9-31)29-20-12-22(32)26(25-18(2)6-7-23-21(25)13-34-37-23)27(33)28(20)35-30(36-29)40-14-19(15-40)38(3)4/h5-7,12-13,19H,1,8-11,14-17H2,2-4H3,(H,34,37). The summed E-state index contributed by atoms with van der Waals surface area (Å²) >= 11 is 6.92. The van der Waals surface area contributed by atoms with Gasteiger partial charge in [-0.3, -0.25) is 9.89 Å². The molecule has 4 aromatic rings. The van der Waals surface area contributed by atoms with Gasteiger partial charge in [-0.1, -0.05) is 24.2 Å². The number of halogens is 2. The van der Waals surface area contributed by atoms with Crippen molar-refractivity contribution >= 4 is 51.1 Å². The fourth-order valence-corrected chi connectivity index (χ4v) is 7.03. The number of hydrogen-bond acceptors (Lipinski definition) is 7. The summed E-state index contributed by atoms with van der Waals surface area (Å²) < 4.78 is 16.8. The summed E-state index contributed by atoms with van der Waals surface area (Å²) in [6.07, 6.45) is 4.95. The normalized spacial score (nSPS) is 18.7. The van der Waals surface area contributed by atoms with Gasteiger partial charge >= 0.3 is 0 Å². The molecule has 42 heavy (non-hydrogen) atoms. The van der Waals surface area contributed by atoms with Crippen LogP contribution >= 0.6 is 11.6 Å². The summed E-state index contributed by atoms with van der Waals surface area (Å²) in [5, 5.41) is 8.91. The van der Waals surface area contributed by atoms with Crippen LogP contribution < -0.4 is 9.80 Å². The number of likely N-dealkylation sites (N-methyl/N-ethyl adjacent to an activating group) is 1. The number of carbonyl (C=O) groups is 1.